The van der Waals surface area contributed by atoms with Crippen molar-refractivity contribution in [1.29, 1.82) is 0 Å². The molecule has 0 aliphatic heterocycles. The summed E-state index contributed by atoms with van der Waals surface area (Å²) in [5, 5.41) is 5.69. The Balaban J connectivity index is 2.19. The van der Waals surface area contributed by atoms with Gasteiger partial charge in [0.15, 0.2) is 0 Å². The SMILES string of the molecule is CCc1ccsc1CNCCC(N)CC(C)(C)C. The minimum absolute atomic E-state index is 0.312. The topological polar surface area (TPSA) is 38.0 Å². The van der Waals surface area contributed by atoms with Gasteiger partial charge in [-0.2, -0.15) is 0 Å². The van der Waals surface area contributed by atoms with E-state index in [1.54, 1.807) is 0 Å². The van der Waals surface area contributed by atoms with Gasteiger partial charge in [0, 0.05) is 17.5 Å². The summed E-state index contributed by atoms with van der Waals surface area (Å²) < 4.78 is 0. The third kappa shape index (κ3) is 5.98. The van der Waals surface area contributed by atoms with Crippen LogP contribution >= 0.6 is 11.3 Å². The quantitative estimate of drug-likeness (QED) is 0.742. The number of nitrogens with one attached hydrogen (secondary N) is 1. The molecule has 0 bridgehead atoms. The Kier molecular flexibility index (Phi) is 6.33. The van der Waals surface area contributed by atoms with E-state index in [1.165, 1.54) is 10.4 Å². The highest BCUT2D eigenvalue weighted by molar-refractivity contribution is 7.10. The van der Waals surface area contributed by atoms with E-state index < -0.39 is 0 Å². The van der Waals surface area contributed by atoms with Gasteiger partial charge >= 0.3 is 0 Å². The molecule has 3 N–H and O–H groups in total. The first-order valence-corrected chi connectivity index (χ1v) is 7.82. The Labute approximate surface area is 116 Å². The van der Waals surface area contributed by atoms with Gasteiger partial charge in [-0.3, -0.25) is 0 Å². The highest BCUT2D eigenvalue weighted by atomic mass is 32.1. The van der Waals surface area contributed by atoms with Gasteiger partial charge in [0.05, 0.1) is 0 Å². The van der Waals surface area contributed by atoms with E-state index >= 15 is 0 Å². The van der Waals surface area contributed by atoms with Crippen LogP contribution in [0.5, 0.6) is 0 Å². The molecule has 0 radical (unpaired) electrons. The molecule has 104 valence electrons. The fourth-order valence-corrected chi connectivity index (χ4v) is 3.16. The highest BCUT2D eigenvalue weighted by Crippen LogP contribution is 2.21. The molecule has 0 aliphatic rings. The molecule has 1 rings (SSSR count). The second-order valence-corrected chi connectivity index (χ2v) is 7.21. The summed E-state index contributed by atoms with van der Waals surface area (Å²) in [6, 6.07) is 2.54. The van der Waals surface area contributed by atoms with Gasteiger partial charge in [0.2, 0.25) is 0 Å². The average Bonchev–Trinajstić information content (AvgIpc) is 2.69. The Morgan fingerprint density at radius 2 is 2.11 bits per heavy atom. The van der Waals surface area contributed by atoms with Gasteiger partial charge in [-0.05, 0) is 48.2 Å². The molecule has 0 fully saturated rings. The lowest BCUT2D eigenvalue weighted by Gasteiger charge is -2.23. The summed E-state index contributed by atoms with van der Waals surface area (Å²) in [7, 11) is 0. The lowest BCUT2D eigenvalue weighted by Crippen LogP contribution is -2.30. The second-order valence-electron chi connectivity index (χ2n) is 6.21. The standard InChI is InChI=1S/C15H28N2S/c1-5-12-7-9-18-14(12)11-17-8-6-13(16)10-15(2,3)4/h7,9,13,17H,5-6,8,10-11,16H2,1-4H3. The molecular formula is C15H28N2S. The third-order valence-corrected chi connectivity index (χ3v) is 4.03. The number of nitrogens with two attached hydrogens (primary N) is 1. The maximum absolute atomic E-state index is 6.14. The van der Waals surface area contributed by atoms with Crippen molar-refractivity contribution in [3.05, 3.63) is 21.9 Å². The van der Waals surface area contributed by atoms with Crippen molar-refractivity contribution in [2.45, 2.75) is 59.5 Å². The van der Waals surface area contributed by atoms with Gasteiger partial charge in [0.1, 0.15) is 0 Å². The minimum Gasteiger partial charge on any atom is -0.328 e. The van der Waals surface area contributed by atoms with Gasteiger partial charge in [-0.15, -0.1) is 11.3 Å². The van der Waals surface area contributed by atoms with Crippen molar-refractivity contribution in [2.75, 3.05) is 6.54 Å². The van der Waals surface area contributed by atoms with Crippen LogP contribution < -0.4 is 11.1 Å². The number of hydrogen-bond acceptors (Lipinski definition) is 3. The molecule has 0 aromatic carbocycles. The van der Waals surface area contributed by atoms with Gasteiger partial charge in [-0.25, -0.2) is 0 Å². The van der Waals surface area contributed by atoms with Crippen LogP contribution in [0, 0.1) is 5.41 Å². The van der Waals surface area contributed by atoms with Crippen LogP contribution in [-0.4, -0.2) is 12.6 Å². The van der Waals surface area contributed by atoms with Crippen LogP contribution in [0.2, 0.25) is 0 Å². The van der Waals surface area contributed by atoms with E-state index in [0.29, 0.717) is 11.5 Å². The van der Waals surface area contributed by atoms with E-state index in [4.69, 9.17) is 5.73 Å². The molecule has 1 atom stereocenters. The first-order chi connectivity index (χ1) is 8.42. The minimum atomic E-state index is 0.312. The van der Waals surface area contributed by atoms with Crippen molar-refractivity contribution < 1.29 is 0 Å². The van der Waals surface area contributed by atoms with Crippen LogP contribution in [0.15, 0.2) is 11.4 Å². The molecule has 0 spiro atoms. The first-order valence-electron chi connectivity index (χ1n) is 6.94. The predicted molar refractivity (Wildman–Crippen MR) is 82.1 cm³/mol. The highest BCUT2D eigenvalue weighted by Gasteiger charge is 2.15. The smallest absolute Gasteiger partial charge is 0.0302 e. The second kappa shape index (κ2) is 7.27. The van der Waals surface area contributed by atoms with Gasteiger partial charge in [0.25, 0.3) is 0 Å². The molecule has 1 aromatic rings. The van der Waals surface area contributed by atoms with Crippen LogP contribution in [0.4, 0.5) is 0 Å². The molecule has 2 nitrogen and oxygen atoms in total. The summed E-state index contributed by atoms with van der Waals surface area (Å²) in [5.74, 6) is 0. The van der Waals surface area contributed by atoms with E-state index in [2.05, 4.69) is 44.5 Å². The van der Waals surface area contributed by atoms with Crippen molar-refractivity contribution in [2.24, 2.45) is 11.1 Å². The Morgan fingerprint density at radius 1 is 1.39 bits per heavy atom. The fraction of sp³-hybridized carbons (Fsp3) is 0.733. The molecule has 0 aliphatic carbocycles. The molecule has 3 heteroatoms. The lowest BCUT2D eigenvalue weighted by molar-refractivity contribution is 0.329. The Morgan fingerprint density at radius 3 is 2.72 bits per heavy atom. The zero-order chi connectivity index (χ0) is 13.6. The molecule has 1 heterocycles. The van der Waals surface area contributed by atoms with E-state index in [9.17, 15) is 0 Å². The van der Waals surface area contributed by atoms with Crippen LogP contribution in [0.25, 0.3) is 0 Å². The molecule has 1 aromatic heterocycles. The van der Waals surface area contributed by atoms with Gasteiger partial charge < -0.3 is 11.1 Å². The third-order valence-electron chi connectivity index (χ3n) is 3.07. The van der Waals surface area contributed by atoms with Crippen molar-refractivity contribution in [3.8, 4) is 0 Å². The maximum Gasteiger partial charge on any atom is 0.0302 e. The zero-order valence-corrected chi connectivity index (χ0v) is 13.1. The molecule has 0 saturated heterocycles. The number of aryl methyl sites for hydroxylation is 1. The predicted octanol–water partition coefficient (Wildman–Crippen LogP) is 3.55. The zero-order valence-electron chi connectivity index (χ0n) is 12.3. The van der Waals surface area contributed by atoms with E-state index in [-0.39, 0.29) is 0 Å². The van der Waals surface area contributed by atoms with E-state index in [0.717, 1.165) is 32.4 Å². The Bertz CT molecular complexity index is 339. The summed E-state index contributed by atoms with van der Waals surface area (Å²) in [6.07, 6.45) is 3.28. The molecule has 0 saturated carbocycles. The summed E-state index contributed by atoms with van der Waals surface area (Å²) in [5.41, 5.74) is 7.95. The van der Waals surface area contributed by atoms with E-state index in [1.807, 2.05) is 11.3 Å². The molecule has 1 unspecified atom stereocenters. The number of thiophene rings is 1. The Hall–Kier alpha value is -0.380. The van der Waals surface area contributed by atoms with Gasteiger partial charge in [-0.1, -0.05) is 27.7 Å². The van der Waals surface area contributed by atoms with Crippen LogP contribution in [0.3, 0.4) is 0 Å². The van der Waals surface area contributed by atoms with Crippen molar-refractivity contribution >= 4 is 11.3 Å². The lowest BCUT2D eigenvalue weighted by atomic mass is 9.87. The molecule has 0 amide bonds. The van der Waals surface area contributed by atoms with Crippen molar-refractivity contribution in [1.82, 2.24) is 5.32 Å². The number of rotatable bonds is 7. The van der Waals surface area contributed by atoms with Crippen LogP contribution in [-0.2, 0) is 13.0 Å². The monoisotopic (exact) mass is 268 g/mol. The first kappa shape index (κ1) is 15.7. The fourth-order valence-electron chi connectivity index (χ4n) is 2.22. The maximum atomic E-state index is 6.14. The normalized spacial score (nSPS) is 13.8. The summed E-state index contributed by atoms with van der Waals surface area (Å²) in [4.78, 5) is 1.47. The average molecular weight is 268 g/mol. The molecule has 18 heavy (non-hydrogen) atoms. The largest absolute Gasteiger partial charge is 0.328 e. The van der Waals surface area contributed by atoms with Crippen LogP contribution in [0.1, 0.15) is 51.0 Å². The number of hydrogen-bond donors (Lipinski definition) is 2. The summed E-state index contributed by atoms with van der Waals surface area (Å²) >= 11 is 1.85. The summed E-state index contributed by atoms with van der Waals surface area (Å²) in [6.45, 7) is 11.0. The molecular weight excluding hydrogens is 240 g/mol. The van der Waals surface area contributed by atoms with Crippen molar-refractivity contribution in [3.63, 3.8) is 0 Å².